The lowest BCUT2D eigenvalue weighted by atomic mass is 10.2. The number of nitrogens with zero attached hydrogens (tertiary/aromatic N) is 1. The summed E-state index contributed by atoms with van der Waals surface area (Å²) in [7, 11) is 0. The summed E-state index contributed by atoms with van der Waals surface area (Å²) in [5.41, 5.74) is -1.28. The van der Waals surface area contributed by atoms with E-state index in [-0.39, 0.29) is 11.9 Å². The number of aromatic nitrogens is 2. The van der Waals surface area contributed by atoms with Gasteiger partial charge in [0, 0.05) is 12.5 Å². The molecule has 0 radical (unpaired) electrons. The summed E-state index contributed by atoms with van der Waals surface area (Å²) in [6.07, 6.45) is 5.38. The zero-order chi connectivity index (χ0) is 10.7. The Kier molecular flexibility index (Phi) is 2.77. The molecular weight excluding hydrogens is 184 g/mol. The van der Waals surface area contributed by atoms with E-state index in [4.69, 9.17) is 6.42 Å². The van der Waals surface area contributed by atoms with Gasteiger partial charge in [0.05, 0.1) is 6.07 Å². The van der Waals surface area contributed by atoms with Gasteiger partial charge in [0.15, 0.2) is 0 Å². The van der Waals surface area contributed by atoms with E-state index in [0.717, 1.165) is 10.6 Å². The second-order valence-electron chi connectivity index (χ2n) is 2.92. The van der Waals surface area contributed by atoms with E-state index in [1.54, 1.807) is 6.92 Å². The summed E-state index contributed by atoms with van der Waals surface area (Å²) in [5, 5.41) is 9.34. The average Bonchev–Trinajstić information content (AvgIpc) is 2.01. The van der Waals surface area contributed by atoms with Crippen LogP contribution < -0.4 is 11.2 Å². The maximum Gasteiger partial charge on any atom is 0.331 e. The molecule has 1 atom stereocenters. The van der Waals surface area contributed by atoms with E-state index in [0.29, 0.717) is 6.42 Å². The zero-order valence-electron chi connectivity index (χ0n) is 7.65. The molecule has 1 unspecified atom stereocenters. The normalized spacial score (nSPS) is 12.0. The molecule has 0 spiro atoms. The SMILES string of the molecule is C#CCC(C)n1c(O)cc(=O)[nH]c1=O. The zero-order valence-corrected chi connectivity index (χ0v) is 7.65. The molecule has 1 aromatic rings. The van der Waals surface area contributed by atoms with Crippen molar-refractivity contribution in [3.8, 4) is 18.2 Å². The fourth-order valence-corrected chi connectivity index (χ4v) is 1.18. The highest BCUT2D eigenvalue weighted by molar-refractivity contribution is 5.08. The fourth-order valence-electron chi connectivity index (χ4n) is 1.18. The summed E-state index contributed by atoms with van der Waals surface area (Å²) in [6, 6.07) is 0.596. The molecule has 0 saturated heterocycles. The van der Waals surface area contributed by atoms with Crippen LogP contribution in [0.1, 0.15) is 19.4 Å². The van der Waals surface area contributed by atoms with Gasteiger partial charge in [-0.05, 0) is 6.92 Å². The minimum Gasteiger partial charge on any atom is -0.494 e. The molecule has 0 aliphatic carbocycles. The number of terminal acetylenes is 1. The van der Waals surface area contributed by atoms with E-state index in [9.17, 15) is 14.7 Å². The van der Waals surface area contributed by atoms with Crippen molar-refractivity contribution in [1.82, 2.24) is 9.55 Å². The van der Waals surface area contributed by atoms with Gasteiger partial charge in [-0.3, -0.25) is 14.3 Å². The molecule has 0 aromatic carbocycles. The highest BCUT2D eigenvalue weighted by Gasteiger charge is 2.10. The number of rotatable bonds is 2. The highest BCUT2D eigenvalue weighted by atomic mass is 16.3. The fraction of sp³-hybridized carbons (Fsp3) is 0.333. The third-order valence-electron chi connectivity index (χ3n) is 1.81. The summed E-state index contributed by atoms with van der Waals surface area (Å²) in [4.78, 5) is 24.1. The lowest BCUT2D eigenvalue weighted by Gasteiger charge is -2.12. The molecule has 0 bridgehead atoms. The van der Waals surface area contributed by atoms with Crippen LogP contribution in [0.2, 0.25) is 0 Å². The van der Waals surface area contributed by atoms with Crippen molar-refractivity contribution in [1.29, 1.82) is 0 Å². The average molecular weight is 194 g/mol. The maximum absolute atomic E-state index is 11.3. The van der Waals surface area contributed by atoms with Gasteiger partial charge in [-0.1, -0.05) is 0 Å². The number of hydrogen-bond donors (Lipinski definition) is 2. The third kappa shape index (κ3) is 1.85. The van der Waals surface area contributed by atoms with E-state index in [2.05, 4.69) is 5.92 Å². The predicted molar refractivity (Wildman–Crippen MR) is 51.1 cm³/mol. The standard InChI is InChI=1S/C9H10N2O3/c1-3-4-6(2)11-8(13)5-7(12)10-9(11)14/h1,5-6,13H,4H2,2H3,(H,10,12,14). The van der Waals surface area contributed by atoms with Crippen molar-refractivity contribution in [2.24, 2.45) is 0 Å². The number of aromatic amines is 1. The largest absolute Gasteiger partial charge is 0.494 e. The Labute approximate surface area is 80.0 Å². The van der Waals surface area contributed by atoms with Gasteiger partial charge in [-0.25, -0.2) is 4.79 Å². The summed E-state index contributed by atoms with van der Waals surface area (Å²) in [5.74, 6) is 2.00. The molecule has 1 heterocycles. The monoisotopic (exact) mass is 194 g/mol. The molecule has 74 valence electrons. The first-order valence-electron chi connectivity index (χ1n) is 4.04. The Hall–Kier alpha value is -1.96. The van der Waals surface area contributed by atoms with E-state index >= 15 is 0 Å². The van der Waals surface area contributed by atoms with Crippen molar-refractivity contribution >= 4 is 0 Å². The van der Waals surface area contributed by atoms with Gasteiger partial charge in [-0.15, -0.1) is 12.3 Å². The van der Waals surface area contributed by atoms with Crippen molar-refractivity contribution in [3.63, 3.8) is 0 Å². The van der Waals surface area contributed by atoms with Crippen LogP contribution in [0.25, 0.3) is 0 Å². The summed E-state index contributed by atoms with van der Waals surface area (Å²) in [6.45, 7) is 1.68. The molecule has 2 N–H and O–H groups in total. The number of hydrogen-bond acceptors (Lipinski definition) is 3. The van der Waals surface area contributed by atoms with Crippen LogP contribution in [-0.4, -0.2) is 14.7 Å². The van der Waals surface area contributed by atoms with Crippen molar-refractivity contribution in [2.75, 3.05) is 0 Å². The molecule has 0 saturated carbocycles. The second kappa shape index (κ2) is 3.83. The smallest absolute Gasteiger partial charge is 0.331 e. The van der Waals surface area contributed by atoms with Crippen molar-refractivity contribution < 1.29 is 5.11 Å². The molecule has 0 amide bonds. The Bertz CT molecular complexity index is 478. The first-order chi connectivity index (χ1) is 6.56. The molecule has 5 nitrogen and oxygen atoms in total. The topological polar surface area (TPSA) is 75.1 Å². The van der Waals surface area contributed by atoms with Crippen LogP contribution in [0.4, 0.5) is 0 Å². The lowest BCUT2D eigenvalue weighted by Crippen LogP contribution is -2.30. The molecule has 14 heavy (non-hydrogen) atoms. The predicted octanol–water partition coefficient (Wildman–Crippen LogP) is -0.173. The molecule has 1 rings (SSSR count). The van der Waals surface area contributed by atoms with Gasteiger partial charge in [0.25, 0.3) is 5.56 Å². The number of aromatic hydroxyl groups is 1. The van der Waals surface area contributed by atoms with Crippen LogP contribution in [0, 0.1) is 12.3 Å². The summed E-state index contributed by atoms with van der Waals surface area (Å²) >= 11 is 0. The number of nitrogens with one attached hydrogen (secondary N) is 1. The van der Waals surface area contributed by atoms with Crippen molar-refractivity contribution in [3.05, 3.63) is 26.9 Å². The van der Waals surface area contributed by atoms with Crippen LogP contribution in [0.15, 0.2) is 15.7 Å². The molecule has 0 aliphatic heterocycles. The quantitative estimate of drug-likeness (QED) is 0.641. The van der Waals surface area contributed by atoms with Crippen LogP contribution in [-0.2, 0) is 0 Å². The van der Waals surface area contributed by atoms with Gasteiger partial charge >= 0.3 is 5.69 Å². The van der Waals surface area contributed by atoms with Gasteiger partial charge in [0.2, 0.25) is 5.88 Å². The third-order valence-corrected chi connectivity index (χ3v) is 1.81. The Morgan fingerprint density at radius 3 is 2.86 bits per heavy atom. The Balaban J connectivity index is 3.29. The Morgan fingerprint density at radius 1 is 1.71 bits per heavy atom. The molecular formula is C9H10N2O3. The Morgan fingerprint density at radius 2 is 2.36 bits per heavy atom. The van der Waals surface area contributed by atoms with Gasteiger partial charge < -0.3 is 5.11 Å². The lowest BCUT2D eigenvalue weighted by molar-refractivity contribution is 0.374. The first kappa shape index (κ1) is 10.1. The van der Waals surface area contributed by atoms with E-state index < -0.39 is 11.2 Å². The van der Waals surface area contributed by atoms with E-state index in [1.807, 2.05) is 4.98 Å². The van der Waals surface area contributed by atoms with Crippen LogP contribution in [0.5, 0.6) is 5.88 Å². The highest BCUT2D eigenvalue weighted by Crippen LogP contribution is 2.12. The minimum atomic E-state index is -0.655. The molecule has 0 fully saturated rings. The minimum absolute atomic E-state index is 0.305. The number of H-pyrrole nitrogens is 1. The van der Waals surface area contributed by atoms with Gasteiger partial charge in [-0.2, -0.15) is 0 Å². The van der Waals surface area contributed by atoms with E-state index in [1.165, 1.54) is 0 Å². The molecule has 0 aliphatic rings. The van der Waals surface area contributed by atoms with Crippen LogP contribution in [0.3, 0.4) is 0 Å². The van der Waals surface area contributed by atoms with Gasteiger partial charge in [0.1, 0.15) is 0 Å². The molecule has 5 heteroatoms. The second-order valence-corrected chi connectivity index (χ2v) is 2.92. The first-order valence-corrected chi connectivity index (χ1v) is 4.04. The molecule has 1 aromatic heterocycles. The van der Waals surface area contributed by atoms with Crippen LogP contribution >= 0.6 is 0 Å². The summed E-state index contributed by atoms with van der Waals surface area (Å²) < 4.78 is 1.04. The maximum atomic E-state index is 11.3. The van der Waals surface area contributed by atoms with Crippen molar-refractivity contribution in [2.45, 2.75) is 19.4 Å².